The summed E-state index contributed by atoms with van der Waals surface area (Å²) < 4.78 is 0. The summed E-state index contributed by atoms with van der Waals surface area (Å²) in [6.45, 7) is 0. The van der Waals surface area contributed by atoms with Crippen LogP contribution < -0.4 is 0 Å². The van der Waals surface area contributed by atoms with E-state index in [4.69, 9.17) is 0 Å². The average molecular weight is 286 g/mol. The first-order valence-electron chi connectivity index (χ1n) is 0. The summed E-state index contributed by atoms with van der Waals surface area (Å²) in [6.07, 6.45) is 0. The molecule has 8 N–H and O–H groups in total. The molecule has 12 heteroatoms. The van der Waals surface area contributed by atoms with Gasteiger partial charge in [-0.05, 0) is 0 Å². The predicted molar refractivity (Wildman–Crippen MR) is 22.4 cm³/mol. The normalized spacial score (nSPS) is 0. The number of rotatable bonds is 0. The molecule has 0 unspecified atom stereocenters. The summed E-state index contributed by atoms with van der Waals surface area (Å²) in [7, 11) is 0. The van der Waals surface area contributed by atoms with Crippen LogP contribution in [-0.2, 0) is 45.1 Å². The third-order valence-corrected chi connectivity index (χ3v) is 0. The molecule has 0 aromatic heterocycles. The van der Waals surface area contributed by atoms with Crippen LogP contribution in [0.5, 0.6) is 0 Å². The van der Waals surface area contributed by atoms with E-state index < -0.39 is 0 Å². The fourth-order valence-electron chi connectivity index (χ4n) is 0. The molecule has 2 radical (unpaired) electrons. The molecule has 0 aromatic rings. The van der Waals surface area contributed by atoms with Gasteiger partial charge >= 0.3 is 23.1 Å². The monoisotopic (exact) mass is 286 g/mol. The summed E-state index contributed by atoms with van der Waals surface area (Å²) in [5, 5.41) is 0. The van der Waals surface area contributed by atoms with Gasteiger partial charge in [-0.25, -0.2) is 0 Å². The van der Waals surface area contributed by atoms with E-state index in [1.54, 1.807) is 0 Å². The van der Waals surface area contributed by atoms with Crippen molar-refractivity contribution in [1.82, 2.24) is 0 Å². The second-order valence-electron chi connectivity index (χ2n) is 0. The standard InChI is InChI=1S/Mg.2Mn.7H2O.2O/h;;;7*1H2;;/q+2;;;;;;;;;;2*-2/p-6. The SMILES string of the molecule is O.[Mg+2].[Mn].[Mn].[O-2].[O-2].[OH-].[OH-].[OH-].[OH-].[OH-].[OH-]. The zero-order chi connectivity index (χ0) is 0. The molecule has 0 fully saturated rings. The molecule has 0 bridgehead atoms. The number of hydrogen-bond acceptors (Lipinski definition) is 6. The van der Waals surface area contributed by atoms with Gasteiger partial charge in [0.25, 0.3) is 0 Å². The Morgan fingerprint density at radius 1 is 0.417 bits per heavy atom. The molecule has 0 spiro atoms. The Bertz CT molecular complexity index is 12.5. The van der Waals surface area contributed by atoms with Crippen molar-refractivity contribution in [2.75, 3.05) is 0 Å². The van der Waals surface area contributed by atoms with Gasteiger partial charge < -0.3 is 49.3 Å². The van der Waals surface area contributed by atoms with Gasteiger partial charge in [-0.1, -0.05) is 0 Å². The van der Waals surface area contributed by atoms with Crippen molar-refractivity contribution in [2.24, 2.45) is 0 Å². The summed E-state index contributed by atoms with van der Waals surface area (Å²) in [5.74, 6) is 0. The maximum Gasteiger partial charge on any atom is 2.00 e. The Hall–Kier alpha value is 1.45. The van der Waals surface area contributed by atoms with Crippen molar-refractivity contribution in [3.63, 3.8) is 0 Å². The van der Waals surface area contributed by atoms with E-state index in [9.17, 15) is 0 Å². The first kappa shape index (κ1) is 997. The van der Waals surface area contributed by atoms with E-state index in [1.165, 1.54) is 0 Å². The van der Waals surface area contributed by atoms with E-state index in [2.05, 4.69) is 0 Å². The minimum Gasteiger partial charge on any atom is -2.00 e. The Morgan fingerprint density at radius 2 is 0.417 bits per heavy atom. The van der Waals surface area contributed by atoms with Crippen molar-refractivity contribution >= 4 is 23.1 Å². The van der Waals surface area contributed by atoms with Crippen molar-refractivity contribution < 1.29 is 83.4 Å². The molecule has 0 amide bonds. The van der Waals surface area contributed by atoms with Gasteiger partial charge in [-0.2, -0.15) is 0 Å². The minimum absolute atomic E-state index is 0. The van der Waals surface area contributed by atoms with E-state index in [0.29, 0.717) is 0 Å². The van der Waals surface area contributed by atoms with Crippen molar-refractivity contribution in [3.05, 3.63) is 0 Å². The molecule has 0 atom stereocenters. The smallest absolute Gasteiger partial charge is 2.00 e. The summed E-state index contributed by atoms with van der Waals surface area (Å²) in [4.78, 5) is 0. The second kappa shape index (κ2) is 781. The van der Waals surface area contributed by atoms with E-state index >= 15 is 0 Å². The van der Waals surface area contributed by atoms with Gasteiger partial charge in [0.2, 0.25) is 0 Å². The van der Waals surface area contributed by atoms with Crippen molar-refractivity contribution in [1.29, 1.82) is 0 Å². The molecule has 0 saturated carbocycles. The zero-order valence-corrected chi connectivity index (χ0v) is 9.24. The van der Waals surface area contributed by atoms with Gasteiger partial charge in [0.15, 0.2) is 0 Å². The van der Waals surface area contributed by atoms with Gasteiger partial charge in [0.1, 0.15) is 0 Å². The molecular weight excluding hydrogens is 278 g/mol. The average Bonchev–Trinajstić information content (AvgIpc) is 0. The van der Waals surface area contributed by atoms with Gasteiger partial charge in [0, 0.05) is 34.1 Å². The first-order valence-corrected chi connectivity index (χ1v) is 0. The molecular formula is H8MgMn2O9-8. The minimum atomic E-state index is 0. The molecule has 0 aliphatic carbocycles. The third kappa shape index (κ3) is 598. The largest absolute Gasteiger partial charge is 2.00 e. The van der Waals surface area contributed by atoms with Crippen LogP contribution in [0.1, 0.15) is 0 Å². The molecule has 0 rings (SSSR count). The molecule has 86 valence electrons. The van der Waals surface area contributed by atoms with Crippen molar-refractivity contribution in [3.8, 4) is 0 Å². The fourth-order valence-corrected chi connectivity index (χ4v) is 0. The van der Waals surface area contributed by atoms with Crippen molar-refractivity contribution in [2.45, 2.75) is 0 Å². The maximum absolute atomic E-state index is 0. The molecule has 0 aliphatic rings. The molecule has 0 heterocycles. The predicted octanol–water partition coefficient (Wildman–Crippen LogP) is -2.51. The van der Waals surface area contributed by atoms with E-state index in [0.717, 1.165) is 0 Å². The van der Waals surface area contributed by atoms with Crippen LogP contribution in [0.4, 0.5) is 0 Å². The van der Waals surface area contributed by atoms with Crippen LogP contribution >= 0.6 is 0 Å². The van der Waals surface area contributed by atoms with Crippen LogP contribution in [0.2, 0.25) is 0 Å². The Labute approximate surface area is 106 Å². The Balaban J connectivity index is 0. The van der Waals surface area contributed by atoms with Crippen LogP contribution in [0.25, 0.3) is 0 Å². The molecule has 0 aliphatic heterocycles. The molecule has 9 nitrogen and oxygen atoms in total. The van der Waals surface area contributed by atoms with Gasteiger partial charge in [-0.15, -0.1) is 0 Å². The fraction of sp³-hybridized carbons (Fsp3) is 0. The number of hydrogen-bond donors (Lipinski definition) is 0. The Kier molecular flexibility index (Phi) is 64900. The molecule has 0 aromatic carbocycles. The van der Waals surface area contributed by atoms with Crippen LogP contribution in [0.15, 0.2) is 0 Å². The molecule has 12 heavy (non-hydrogen) atoms. The maximum atomic E-state index is 0. The van der Waals surface area contributed by atoms with E-state index in [1.807, 2.05) is 0 Å². The summed E-state index contributed by atoms with van der Waals surface area (Å²) >= 11 is 0. The topological polar surface area (TPSA) is 268 Å². The zero-order valence-electron chi connectivity index (χ0n) is 5.46. The quantitative estimate of drug-likeness (QED) is 0.433. The van der Waals surface area contributed by atoms with Crippen LogP contribution in [0, 0.1) is 0 Å². The van der Waals surface area contributed by atoms with E-state index in [-0.39, 0.29) is 106 Å². The van der Waals surface area contributed by atoms with Gasteiger partial charge in [-0.3, -0.25) is 0 Å². The Morgan fingerprint density at radius 3 is 0.417 bits per heavy atom. The first-order chi connectivity index (χ1) is 0. The second-order valence-corrected chi connectivity index (χ2v) is 0. The third-order valence-electron chi connectivity index (χ3n) is 0. The van der Waals surface area contributed by atoms with Crippen LogP contribution in [0.3, 0.4) is 0 Å². The van der Waals surface area contributed by atoms with Gasteiger partial charge in [0.05, 0.1) is 0 Å². The summed E-state index contributed by atoms with van der Waals surface area (Å²) in [5.41, 5.74) is 0. The summed E-state index contributed by atoms with van der Waals surface area (Å²) in [6, 6.07) is 0. The van der Waals surface area contributed by atoms with Crippen LogP contribution in [-0.4, -0.2) is 61.4 Å². The molecule has 0 saturated heterocycles.